The van der Waals surface area contributed by atoms with Crippen LogP contribution in [-0.2, 0) is 9.53 Å². The van der Waals surface area contributed by atoms with E-state index in [2.05, 4.69) is 5.32 Å². The lowest BCUT2D eigenvalue weighted by Gasteiger charge is -2.09. The van der Waals surface area contributed by atoms with Crippen molar-refractivity contribution in [2.45, 2.75) is 0 Å². The highest BCUT2D eigenvalue weighted by molar-refractivity contribution is 5.86. The standard InChI is InChI=1S/C20H19NO6/c1-25-8-7-21-19(24)12-26-14-9-15(22)20-16(23)11-17(27-18(20)10-14)13-5-3-2-4-6-13/h2-6,9-11,22H,7-8,12H2,1H3,(H,21,24). The lowest BCUT2D eigenvalue weighted by atomic mass is 10.1. The van der Waals surface area contributed by atoms with Crippen molar-refractivity contribution in [2.75, 3.05) is 26.9 Å². The zero-order valence-electron chi connectivity index (χ0n) is 14.7. The summed E-state index contributed by atoms with van der Waals surface area (Å²) in [6, 6.07) is 13.2. The first kappa shape index (κ1) is 18.5. The second-order valence-electron chi connectivity index (χ2n) is 5.79. The van der Waals surface area contributed by atoms with Gasteiger partial charge in [0, 0.05) is 37.4 Å². The Balaban J connectivity index is 1.86. The summed E-state index contributed by atoms with van der Waals surface area (Å²) in [7, 11) is 1.54. The molecule has 27 heavy (non-hydrogen) atoms. The summed E-state index contributed by atoms with van der Waals surface area (Å²) >= 11 is 0. The van der Waals surface area contributed by atoms with Crippen LogP contribution < -0.4 is 15.5 Å². The number of fused-ring (bicyclic) bond motifs is 1. The summed E-state index contributed by atoms with van der Waals surface area (Å²) in [6.07, 6.45) is 0. The first-order chi connectivity index (χ1) is 13.1. The number of hydrogen-bond acceptors (Lipinski definition) is 6. The molecule has 7 heteroatoms. The van der Waals surface area contributed by atoms with Crippen LogP contribution in [0, 0.1) is 0 Å². The van der Waals surface area contributed by atoms with Gasteiger partial charge >= 0.3 is 0 Å². The van der Waals surface area contributed by atoms with Crippen LogP contribution in [0.1, 0.15) is 0 Å². The van der Waals surface area contributed by atoms with Crippen molar-refractivity contribution in [1.29, 1.82) is 0 Å². The molecule has 0 saturated carbocycles. The van der Waals surface area contributed by atoms with E-state index in [4.69, 9.17) is 13.9 Å². The summed E-state index contributed by atoms with van der Waals surface area (Å²) in [5, 5.41) is 12.9. The molecule has 7 nitrogen and oxygen atoms in total. The third-order valence-corrected chi connectivity index (χ3v) is 3.84. The number of nitrogens with one attached hydrogen (secondary N) is 1. The van der Waals surface area contributed by atoms with E-state index < -0.39 is 0 Å². The van der Waals surface area contributed by atoms with E-state index in [9.17, 15) is 14.7 Å². The molecule has 1 aromatic heterocycles. The van der Waals surface area contributed by atoms with Gasteiger partial charge in [0.25, 0.3) is 5.91 Å². The van der Waals surface area contributed by atoms with Crippen molar-refractivity contribution in [1.82, 2.24) is 5.32 Å². The summed E-state index contributed by atoms with van der Waals surface area (Å²) < 4.78 is 16.0. The Morgan fingerprint density at radius 2 is 1.96 bits per heavy atom. The van der Waals surface area contributed by atoms with Gasteiger partial charge in [-0.3, -0.25) is 9.59 Å². The molecular weight excluding hydrogens is 350 g/mol. The van der Waals surface area contributed by atoms with Crippen LogP contribution in [0.2, 0.25) is 0 Å². The first-order valence-electron chi connectivity index (χ1n) is 8.33. The highest BCUT2D eigenvalue weighted by atomic mass is 16.5. The number of methoxy groups -OCH3 is 1. The van der Waals surface area contributed by atoms with E-state index in [1.807, 2.05) is 30.3 Å². The number of carbonyl (C=O) groups is 1. The Labute approximate surface area is 155 Å². The molecule has 2 N–H and O–H groups in total. The topological polar surface area (TPSA) is 98.0 Å². The fourth-order valence-electron chi connectivity index (χ4n) is 2.56. The minimum absolute atomic E-state index is 0.0616. The van der Waals surface area contributed by atoms with E-state index in [0.717, 1.165) is 5.56 Å². The molecule has 0 spiro atoms. The maximum atomic E-state index is 12.4. The van der Waals surface area contributed by atoms with Gasteiger partial charge in [-0.25, -0.2) is 0 Å². The van der Waals surface area contributed by atoms with Crippen molar-refractivity contribution >= 4 is 16.9 Å². The fourth-order valence-corrected chi connectivity index (χ4v) is 2.56. The average Bonchev–Trinajstić information content (AvgIpc) is 2.66. The molecule has 3 rings (SSSR count). The van der Waals surface area contributed by atoms with Crippen LogP contribution in [0.3, 0.4) is 0 Å². The lowest BCUT2D eigenvalue weighted by molar-refractivity contribution is -0.123. The molecule has 0 aliphatic carbocycles. The van der Waals surface area contributed by atoms with Gasteiger partial charge in [0.2, 0.25) is 0 Å². The Hall–Kier alpha value is -3.32. The van der Waals surface area contributed by atoms with Crippen LogP contribution >= 0.6 is 0 Å². The predicted octanol–water partition coefficient (Wildman–Crippen LogP) is 2.31. The minimum Gasteiger partial charge on any atom is -0.507 e. The van der Waals surface area contributed by atoms with Crippen LogP contribution in [0.25, 0.3) is 22.3 Å². The zero-order chi connectivity index (χ0) is 19.2. The molecule has 0 aliphatic heterocycles. The molecule has 1 heterocycles. The third kappa shape index (κ3) is 4.45. The molecule has 0 fully saturated rings. The van der Waals surface area contributed by atoms with Crippen molar-refractivity contribution in [2.24, 2.45) is 0 Å². The molecular formula is C20H19NO6. The highest BCUT2D eigenvalue weighted by Gasteiger charge is 2.13. The zero-order valence-corrected chi connectivity index (χ0v) is 14.7. The fraction of sp³-hybridized carbons (Fsp3) is 0.200. The molecule has 0 atom stereocenters. The number of ether oxygens (including phenoxy) is 2. The minimum atomic E-state index is -0.364. The number of phenols is 1. The second kappa shape index (κ2) is 8.37. The first-order valence-corrected chi connectivity index (χ1v) is 8.33. The molecule has 0 radical (unpaired) electrons. The van der Waals surface area contributed by atoms with Gasteiger partial charge in [-0.15, -0.1) is 0 Å². The number of benzene rings is 2. The molecule has 0 bridgehead atoms. The largest absolute Gasteiger partial charge is 0.507 e. The quantitative estimate of drug-likeness (QED) is 0.620. The maximum Gasteiger partial charge on any atom is 0.258 e. The molecule has 3 aromatic rings. The summed E-state index contributed by atoms with van der Waals surface area (Å²) in [5.41, 5.74) is 0.549. The SMILES string of the molecule is COCCNC(=O)COc1cc(O)c2c(=O)cc(-c3ccccc3)oc2c1. The van der Waals surface area contributed by atoms with E-state index >= 15 is 0 Å². The van der Waals surface area contributed by atoms with Crippen molar-refractivity contribution in [3.05, 3.63) is 58.8 Å². The molecule has 0 unspecified atom stereocenters. The lowest BCUT2D eigenvalue weighted by Crippen LogP contribution is -2.31. The van der Waals surface area contributed by atoms with Crippen LogP contribution in [0.5, 0.6) is 11.5 Å². The number of phenolic OH excluding ortho intramolecular Hbond substituents is 1. The second-order valence-corrected chi connectivity index (χ2v) is 5.79. The average molecular weight is 369 g/mol. The maximum absolute atomic E-state index is 12.4. The monoisotopic (exact) mass is 369 g/mol. The number of hydrogen-bond donors (Lipinski definition) is 2. The molecule has 0 saturated heterocycles. The third-order valence-electron chi connectivity index (χ3n) is 3.84. The predicted molar refractivity (Wildman–Crippen MR) is 100.0 cm³/mol. The highest BCUT2D eigenvalue weighted by Crippen LogP contribution is 2.31. The van der Waals surface area contributed by atoms with Gasteiger partial charge in [-0.05, 0) is 0 Å². The van der Waals surface area contributed by atoms with Crippen LogP contribution in [0.4, 0.5) is 0 Å². The summed E-state index contributed by atoms with van der Waals surface area (Å²) in [4.78, 5) is 24.1. The van der Waals surface area contributed by atoms with Gasteiger partial charge in [0.15, 0.2) is 12.0 Å². The van der Waals surface area contributed by atoms with Crippen LogP contribution in [-0.4, -0.2) is 37.9 Å². The molecule has 2 aromatic carbocycles. The van der Waals surface area contributed by atoms with Crippen molar-refractivity contribution in [3.8, 4) is 22.8 Å². The number of aromatic hydroxyl groups is 1. The van der Waals surface area contributed by atoms with Gasteiger partial charge in [0.1, 0.15) is 28.2 Å². The Morgan fingerprint density at radius 3 is 2.70 bits per heavy atom. The van der Waals surface area contributed by atoms with Gasteiger partial charge in [-0.1, -0.05) is 30.3 Å². The number of carbonyl (C=O) groups excluding carboxylic acids is 1. The van der Waals surface area contributed by atoms with E-state index in [-0.39, 0.29) is 40.4 Å². The Kier molecular flexibility index (Phi) is 5.73. The van der Waals surface area contributed by atoms with Gasteiger partial charge in [0.05, 0.1) is 6.61 Å². The van der Waals surface area contributed by atoms with E-state index in [1.54, 1.807) is 0 Å². The van der Waals surface area contributed by atoms with Gasteiger partial charge < -0.3 is 24.3 Å². The van der Waals surface area contributed by atoms with Crippen molar-refractivity contribution < 1.29 is 23.8 Å². The van der Waals surface area contributed by atoms with E-state index in [1.165, 1.54) is 25.3 Å². The van der Waals surface area contributed by atoms with Gasteiger partial charge in [-0.2, -0.15) is 0 Å². The number of rotatable bonds is 7. The Morgan fingerprint density at radius 1 is 1.19 bits per heavy atom. The number of amides is 1. The van der Waals surface area contributed by atoms with Crippen molar-refractivity contribution in [3.63, 3.8) is 0 Å². The van der Waals surface area contributed by atoms with E-state index in [0.29, 0.717) is 18.9 Å². The van der Waals surface area contributed by atoms with Crippen LogP contribution in [0.15, 0.2) is 57.7 Å². The smallest absolute Gasteiger partial charge is 0.258 e. The summed E-state index contributed by atoms with van der Waals surface area (Å²) in [6.45, 7) is 0.532. The molecule has 0 aliphatic rings. The Bertz CT molecular complexity index is 997. The molecule has 1 amide bonds. The normalized spacial score (nSPS) is 10.7. The summed E-state index contributed by atoms with van der Waals surface area (Å²) in [5.74, 6) is -0.000935. The molecule has 140 valence electrons.